The minimum Gasteiger partial charge on any atom is -0.481 e. The van der Waals surface area contributed by atoms with Gasteiger partial charge in [-0.3, -0.25) is 14.9 Å². The summed E-state index contributed by atoms with van der Waals surface area (Å²) in [4.78, 5) is 21.5. The maximum Gasteiger partial charge on any atom is 0.303 e. The lowest BCUT2D eigenvalue weighted by molar-refractivity contribution is -0.383. The van der Waals surface area contributed by atoms with Crippen molar-refractivity contribution in [1.29, 1.82) is 0 Å². The van der Waals surface area contributed by atoms with E-state index in [2.05, 4.69) is 0 Å². The fourth-order valence-electron chi connectivity index (χ4n) is 2.33. The number of nitrogens with zero attached hydrogens (tertiary/aromatic N) is 2. The topological polar surface area (TPSA) is 85.4 Å². The Bertz CT molecular complexity index is 673. The highest BCUT2D eigenvalue weighted by Crippen LogP contribution is 2.33. The van der Waals surface area contributed by atoms with Gasteiger partial charge < -0.3 is 9.67 Å². The molecule has 0 saturated heterocycles. The van der Waals surface area contributed by atoms with Gasteiger partial charge in [0.15, 0.2) is 0 Å². The summed E-state index contributed by atoms with van der Waals surface area (Å²) in [6.45, 7) is 1.69. The molecule has 6 nitrogen and oxygen atoms in total. The zero-order valence-corrected chi connectivity index (χ0v) is 10.7. The molecular formula is C13H14N2O4. The third kappa shape index (κ3) is 2.29. The van der Waals surface area contributed by atoms with Crippen LogP contribution in [0.15, 0.2) is 18.3 Å². The predicted octanol–water partition coefficient (Wildman–Crippen LogP) is 2.41. The number of nitro groups is 1. The summed E-state index contributed by atoms with van der Waals surface area (Å²) in [5.41, 5.74) is 2.10. The lowest BCUT2D eigenvalue weighted by atomic mass is 10.0. The second-order valence-corrected chi connectivity index (χ2v) is 4.54. The Balaban J connectivity index is 2.67. The van der Waals surface area contributed by atoms with Gasteiger partial charge >= 0.3 is 5.97 Å². The molecule has 19 heavy (non-hydrogen) atoms. The van der Waals surface area contributed by atoms with Crippen LogP contribution < -0.4 is 0 Å². The van der Waals surface area contributed by atoms with Crippen LogP contribution in [0.2, 0.25) is 0 Å². The van der Waals surface area contributed by atoms with Crippen LogP contribution in [0, 0.1) is 17.0 Å². The van der Waals surface area contributed by atoms with Crippen LogP contribution in [0.25, 0.3) is 10.9 Å². The smallest absolute Gasteiger partial charge is 0.303 e. The zero-order valence-electron chi connectivity index (χ0n) is 10.7. The van der Waals surface area contributed by atoms with E-state index in [-0.39, 0.29) is 18.5 Å². The molecule has 0 aliphatic heterocycles. The molecule has 0 aliphatic carbocycles. The first kappa shape index (κ1) is 13.1. The number of carboxylic acid groups (broad SMARTS) is 1. The molecule has 2 rings (SSSR count). The average Bonchev–Trinajstić information content (AvgIpc) is 2.63. The minimum atomic E-state index is -0.910. The van der Waals surface area contributed by atoms with E-state index in [9.17, 15) is 14.9 Å². The third-order valence-electron chi connectivity index (χ3n) is 3.20. The van der Waals surface area contributed by atoms with Crippen molar-refractivity contribution in [1.82, 2.24) is 4.57 Å². The molecule has 100 valence electrons. The van der Waals surface area contributed by atoms with E-state index in [0.717, 1.165) is 5.52 Å². The number of aliphatic carboxylic acids is 1. The predicted molar refractivity (Wildman–Crippen MR) is 70.3 cm³/mol. The van der Waals surface area contributed by atoms with Gasteiger partial charge in [-0.15, -0.1) is 0 Å². The molecule has 0 fully saturated rings. The molecule has 1 aromatic carbocycles. The first-order valence-corrected chi connectivity index (χ1v) is 5.85. The number of aryl methyl sites for hydroxylation is 3. The molecule has 2 aromatic rings. The highest BCUT2D eigenvalue weighted by Gasteiger charge is 2.21. The number of hydrogen-bond acceptors (Lipinski definition) is 3. The lowest BCUT2D eigenvalue weighted by Crippen LogP contribution is -1.98. The fraction of sp³-hybridized carbons (Fsp3) is 0.308. The summed E-state index contributed by atoms with van der Waals surface area (Å²) >= 11 is 0. The van der Waals surface area contributed by atoms with Crippen molar-refractivity contribution in [2.75, 3.05) is 0 Å². The number of nitro benzene ring substituents is 1. The molecule has 6 heteroatoms. The van der Waals surface area contributed by atoms with Crippen LogP contribution in [0.5, 0.6) is 0 Å². The van der Waals surface area contributed by atoms with Crippen molar-refractivity contribution in [3.8, 4) is 0 Å². The maximum atomic E-state index is 11.2. The molecule has 0 aliphatic rings. The molecule has 0 atom stereocenters. The second-order valence-electron chi connectivity index (χ2n) is 4.54. The van der Waals surface area contributed by atoms with Gasteiger partial charge in [0.2, 0.25) is 0 Å². The van der Waals surface area contributed by atoms with E-state index in [1.165, 1.54) is 0 Å². The van der Waals surface area contributed by atoms with E-state index in [4.69, 9.17) is 5.11 Å². The average molecular weight is 262 g/mol. The Hall–Kier alpha value is -2.37. The van der Waals surface area contributed by atoms with Crippen LogP contribution in [-0.2, 0) is 18.3 Å². The van der Waals surface area contributed by atoms with Crippen LogP contribution >= 0.6 is 0 Å². The lowest BCUT2D eigenvalue weighted by Gasteiger charge is -2.02. The van der Waals surface area contributed by atoms with Gasteiger partial charge in [0.25, 0.3) is 5.69 Å². The molecule has 1 N–H and O–H groups in total. The minimum absolute atomic E-state index is 0.0375. The first-order chi connectivity index (χ1) is 8.91. The number of carboxylic acids is 1. The van der Waals surface area contributed by atoms with E-state index >= 15 is 0 Å². The number of benzene rings is 1. The summed E-state index contributed by atoms with van der Waals surface area (Å²) in [6.07, 6.45) is 2.02. The van der Waals surface area contributed by atoms with Crippen molar-refractivity contribution in [3.05, 3.63) is 39.6 Å². The molecule has 1 heterocycles. The standard InChI is InChI=1S/C13H14N2O4/c1-8-3-5-10-12(13(8)15(18)19)9(7-14(10)2)4-6-11(16)17/h3,5,7H,4,6H2,1-2H3,(H,16,17). The Morgan fingerprint density at radius 3 is 2.74 bits per heavy atom. The Morgan fingerprint density at radius 1 is 1.47 bits per heavy atom. The first-order valence-electron chi connectivity index (χ1n) is 5.85. The number of hydrogen-bond donors (Lipinski definition) is 1. The van der Waals surface area contributed by atoms with Crippen LogP contribution in [0.4, 0.5) is 5.69 Å². The second kappa shape index (κ2) is 4.72. The van der Waals surface area contributed by atoms with Crippen molar-refractivity contribution in [2.24, 2.45) is 7.05 Å². The molecule has 0 radical (unpaired) electrons. The molecule has 0 amide bonds. The van der Waals surface area contributed by atoms with E-state index in [0.29, 0.717) is 16.5 Å². The quantitative estimate of drug-likeness (QED) is 0.677. The van der Waals surface area contributed by atoms with Crippen LogP contribution in [0.1, 0.15) is 17.5 Å². The maximum absolute atomic E-state index is 11.2. The highest BCUT2D eigenvalue weighted by atomic mass is 16.6. The van der Waals surface area contributed by atoms with E-state index < -0.39 is 10.9 Å². The SMILES string of the molecule is Cc1ccc2c(c(CCC(=O)O)cn2C)c1[N+](=O)[O-]. The Morgan fingerprint density at radius 2 is 2.16 bits per heavy atom. The summed E-state index contributed by atoms with van der Waals surface area (Å²) in [5, 5.41) is 20.5. The number of rotatable bonds is 4. The molecular weight excluding hydrogens is 248 g/mol. The monoisotopic (exact) mass is 262 g/mol. The number of carbonyl (C=O) groups is 1. The van der Waals surface area contributed by atoms with Gasteiger partial charge in [0.1, 0.15) is 0 Å². The zero-order chi connectivity index (χ0) is 14.2. The van der Waals surface area contributed by atoms with Gasteiger partial charge in [-0.25, -0.2) is 0 Å². The molecule has 0 unspecified atom stereocenters. The normalized spacial score (nSPS) is 10.8. The number of aromatic nitrogens is 1. The highest BCUT2D eigenvalue weighted by molar-refractivity contribution is 5.94. The summed E-state index contributed by atoms with van der Waals surface area (Å²) in [5.74, 6) is -0.910. The van der Waals surface area contributed by atoms with E-state index in [1.54, 1.807) is 30.8 Å². The molecule has 0 bridgehead atoms. The summed E-state index contributed by atoms with van der Waals surface area (Å²) in [7, 11) is 1.80. The number of fused-ring (bicyclic) bond motifs is 1. The molecule has 1 aromatic heterocycles. The Kier molecular flexibility index (Phi) is 3.25. The largest absolute Gasteiger partial charge is 0.481 e. The van der Waals surface area contributed by atoms with Crippen LogP contribution in [0.3, 0.4) is 0 Å². The summed E-state index contributed by atoms with van der Waals surface area (Å²) in [6, 6.07) is 3.53. The van der Waals surface area contributed by atoms with Crippen molar-refractivity contribution < 1.29 is 14.8 Å². The Labute approximate surface area is 109 Å². The summed E-state index contributed by atoms with van der Waals surface area (Å²) < 4.78 is 1.79. The fourth-order valence-corrected chi connectivity index (χ4v) is 2.33. The van der Waals surface area contributed by atoms with Gasteiger partial charge in [0.05, 0.1) is 15.8 Å². The van der Waals surface area contributed by atoms with Gasteiger partial charge in [-0.2, -0.15) is 0 Å². The van der Waals surface area contributed by atoms with Gasteiger partial charge in [-0.05, 0) is 25.0 Å². The third-order valence-corrected chi connectivity index (χ3v) is 3.20. The van der Waals surface area contributed by atoms with Crippen molar-refractivity contribution in [3.63, 3.8) is 0 Å². The van der Waals surface area contributed by atoms with Crippen LogP contribution in [-0.4, -0.2) is 20.6 Å². The van der Waals surface area contributed by atoms with Crippen molar-refractivity contribution in [2.45, 2.75) is 19.8 Å². The van der Waals surface area contributed by atoms with Crippen molar-refractivity contribution >= 4 is 22.6 Å². The molecule has 0 saturated carbocycles. The molecule has 0 spiro atoms. The van der Waals surface area contributed by atoms with Gasteiger partial charge in [0, 0.05) is 25.2 Å². The van der Waals surface area contributed by atoms with Gasteiger partial charge in [-0.1, -0.05) is 6.07 Å². The van der Waals surface area contributed by atoms with E-state index in [1.807, 2.05) is 6.07 Å².